The van der Waals surface area contributed by atoms with Gasteiger partial charge in [0.1, 0.15) is 11.6 Å². The number of rotatable bonds is 6. The largest absolute Gasteiger partial charge is 0.338 e. The summed E-state index contributed by atoms with van der Waals surface area (Å²) in [5.41, 5.74) is 4.14. The molecule has 1 heterocycles. The van der Waals surface area contributed by atoms with Gasteiger partial charge in [-0.3, -0.25) is 9.59 Å². The van der Waals surface area contributed by atoms with E-state index >= 15 is 0 Å². The van der Waals surface area contributed by atoms with Crippen molar-refractivity contribution < 1.29 is 14.0 Å². The molecule has 2 bridgehead atoms. The Balaban J connectivity index is 1.09. The van der Waals surface area contributed by atoms with Crippen molar-refractivity contribution in [2.45, 2.75) is 44.9 Å². The van der Waals surface area contributed by atoms with Crippen LogP contribution in [0.3, 0.4) is 0 Å². The van der Waals surface area contributed by atoms with Crippen molar-refractivity contribution in [3.05, 3.63) is 78.1 Å². The first-order chi connectivity index (χ1) is 18.5. The number of hydrogen-bond acceptors (Lipinski definition) is 3. The van der Waals surface area contributed by atoms with E-state index in [0.717, 1.165) is 34.1 Å². The van der Waals surface area contributed by atoms with Gasteiger partial charge in [0.05, 0.1) is 11.0 Å². The van der Waals surface area contributed by atoms with Crippen LogP contribution < -0.4 is 10.6 Å². The number of nitrogens with zero attached hydrogens (tertiary/aromatic N) is 1. The number of benzene rings is 3. The van der Waals surface area contributed by atoms with E-state index in [1.165, 1.54) is 62.8 Å². The molecule has 0 saturated heterocycles. The zero-order valence-electron chi connectivity index (χ0n) is 21.2. The van der Waals surface area contributed by atoms with Gasteiger partial charge in [0, 0.05) is 28.9 Å². The lowest BCUT2D eigenvalue weighted by atomic mass is 9.67. The maximum Gasteiger partial charge on any atom is 0.255 e. The summed E-state index contributed by atoms with van der Waals surface area (Å²) < 4.78 is 13.1. The minimum Gasteiger partial charge on any atom is -0.338 e. The summed E-state index contributed by atoms with van der Waals surface area (Å²) in [5, 5.41) is 5.84. The zero-order chi connectivity index (χ0) is 26.1. The first-order valence-electron chi connectivity index (χ1n) is 13.5. The number of anilines is 2. The maximum atomic E-state index is 13.1. The van der Waals surface area contributed by atoms with Crippen molar-refractivity contribution >= 4 is 34.2 Å². The van der Waals surface area contributed by atoms with Crippen LogP contribution in [-0.4, -0.2) is 21.8 Å². The summed E-state index contributed by atoms with van der Waals surface area (Å²) in [6.07, 6.45) is 8.40. The number of amides is 2. The number of carbonyl (C=O) groups is 2. The second kappa shape index (κ2) is 10.4. The third-order valence-corrected chi connectivity index (χ3v) is 7.99. The van der Waals surface area contributed by atoms with Gasteiger partial charge in [-0.05, 0) is 104 Å². The van der Waals surface area contributed by atoms with Crippen molar-refractivity contribution in [1.29, 1.82) is 0 Å². The Morgan fingerprint density at radius 1 is 0.868 bits per heavy atom. The Hall–Kier alpha value is -4.00. The van der Waals surface area contributed by atoms with Crippen molar-refractivity contribution in [2.75, 3.05) is 10.6 Å². The molecule has 2 aliphatic rings. The van der Waals surface area contributed by atoms with Crippen LogP contribution in [0.15, 0.2) is 66.7 Å². The topological polar surface area (TPSA) is 86.9 Å². The van der Waals surface area contributed by atoms with Gasteiger partial charge in [-0.1, -0.05) is 19.3 Å². The molecule has 38 heavy (non-hydrogen) atoms. The number of aromatic amines is 1. The van der Waals surface area contributed by atoms with Gasteiger partial charge in [0.25, 0.3) is 5.91 Å². The molecule has 3 N–H and O–H groups in total. The van der Waals surface area contributed by atoms with Crippen molar-refractivity contribution in [3.8, 4) is 11.4 Å². The van der Waals surface area contributed by atoms with E-state index in [9.17, 15) is 14.0 Å². The molecular formula is C31H31FN4O2. The zero-order valence-corrected chi connectivity index (χ0v) is 21.2. The highest BCUT2D eigenvalue weighted by Crippen LogP contribution is 2.43. The van der Waals surface area contributed by atoms with E-state index in [0.29, 0.717) is 29.4 Å². The Morgan fingerprint density at radius 3 is 2.29 bits per heavy atom. The van der Waals surface area contributed by atoms with Crippen LogP contribution in [0.4, 0.5) is 15.8 Å². The molecule has 2 aliphatic carbocycles. The molecular weight excluding hydrogens is 479 g/mol. The van der Waals surface area contributed by atoms with Gasteiger partial charge >= 0.3 is 0 Å². The maximum absolute atomic E-state index is 13.1. The molecule has 6 nitrogen and oxygen atoms in total. The van der Waals surface area contributed by atoms with E-state index in [1.54, 1.807) is 18.2 Å². The summed E-state index contributed by atoms with van der Waals surface area (Å²) in [6.45, 7) is 0. The smallest absolute Gasteiger partial charge is 0.255 e. The van der Waals surface area contributed by atoms with Crippen molar-refractivity contribution in [2.24, 2.45) is 17.8 Å². The average molecular weight is 511 g/mol. The third-order valence-electron chi connectivity index (χ3n) is 7.99. The van der Waals surface area contributed by atoms with E-state index in [-0.39, 0.29) is 17.6 Å². The molecule has 194 valence electrons. The normalized spacial score (nSPS) is 20.7. The first-order valence-corrected chi connectivity index (χ1v) is 13.5. The van der Waals surface area contributed by atoms with Crippen LogP contribution in [0.5, 0.6) is 0 Å². The molecule has 2 amide bonds. The average Bonchev–Trinajstić information content (AvgIpc) is 3.34. The predicted molar refractivity (Wildman–Crippen MR) is 147 cm³/mol. The summed E-state index contributed by atoms with van der Waals surface area (Å²) in [7, 11) is 0. The lowest BCUT2D eigenvalue weighted by molar-refractivity contribution is -0.117. The number of H-pyrrole nitrogens is 1. The predicted octanol–water partition coefficient (Wildman–Crippen LogP) is 7.17. The van der Waals surface area contributed by atoms with E-state index in [1.807, 2.05) is 24.3 Å². The number of nitrogens with one attached hydrogen (secondary N) is 3. The molecule has 6 rings (SSSR count). The highest BCUT2D eigenvalue weighted by atomic mass is 19.1. The van der Waals surface area contributed by atoms with Crippen LogP contribution >= 0.6 is 0 Å². The second-order valence-corrected chi connectivity index (χ2v) is 10.8. The SMILES string of the molecule is O=C(CC1C[C@H]2CCC[C@@H](C1)C2)Nc1ccc(-c2nc3ccc(C(=O)Nc4ccc(F)cc4)cc3[nH]2)cc1. The minimum atomic E-state index is -0.355. The summed E-state index contributed by atoms with van der Waals surface area (Å²) >= 11 is 0. The van der Waals surface area contributed by atoms with Crippen molar-refractivity contribution in [1.82, 2.24) is 9.97 Å². The first kappa shape index (κ1) is 24.3. The Morgan fingerprint density at radius 2 is 1.55 bits per heavy atom. The van der Waals surface area contributed by atoms with Crippen LogP contribution in [0.1, 0.15) is 55.3 Å². The van der Waals surface area contributed by atoms with Gasteiger partial charge in [-0.2, -0.15) is 0 Å². The highest BCUT2D eigenvalue weighted by molar-refractivity contribution is 6.06. The molecule has 0 radical (unpaired) electrons. The van der Waals surface area contributed by atoms with Crippen molar-refractivity contribution in [3.63, 3.8) is 0 Å². The van der Waals surface area contributed by atoms with Gasteiger partial charge in [0.2, 0.25) is 5.91 Å². The Kier molecular flexibility index (Phi) is 6.66. The van der Waals surface area contributed by atoms with E-state index in [4.69, 9.17) is 0 Å². The quantitative estimate of drug-likeness (QED) is 0.257. The van der Waals surface area contributed by atoms with Gasteiger partial charge in [-0.25, -0.2) is 9.37 Å². The van der Waals surface area contributed by atoms with Crippen LogP contribution in [0, 0.1) is 23.6 Å². The van der Waals surface area contributed by atoms with E-state index in [2.05, 4.69) is 20.6 Å². The number of hydrogen-bond donors (Lipinski definition) is 3. The van der Waals surface area contributed by atoms with E-state index < -0.39 is 0 Å². The molecule has 3 atom stereocenters. The van der Waals surface area contributed by atoms with Crippen LogP contribution in [0.25, 0.3) is 22.4 Å². The highest BCUT2D eigenvalue weighted by Gasteiger charge is 2.32. The Bertz CT molecular complexity index is 1450. The second-order valence-electron chi connectivity index (χ2n) is 10.8. The number of aromatic nitrogens is 2. The van der Waals surface area contributed by atoms with Gasteiger partial charge < -0.3 is 15.6 Å². The fourth-order valence-electron chi connectivity index (χ4n) is 6.25. The molecule has 7 heteroatoms. The molecule has 1 aromatic heterocycles. The number of halogens is 1. The molecule has 4 aromatic rings. The summed E-state index contributed by atoms with van der Waals surface area (Å²) in [5.74, 6) is 2.29. The molecule has 2 saturated carbocycles. The molecule has 0 aliphatic heterocycles. The van der Waals surface area contributed by atoms with Crippen LogP contribution in [-0.2, 0) is 4.79 Å². The molecule has 3 aromatic carbocycles. The lowest BCUT2D eigenvalue weighted by Gasteiger charge is -2.38. The lowest BCUT2D eigenvalue weighted by Crippen LogP contribution is -2.29. The monoisotopic (exact) mass is 510 g/mol. The minimum absolute atomic E-state index is 0.0953. The fraction of sp³-hybridized carbons (Fsp3) is 0.323. The molecule has 0 spiro atoms. The molecule has 1 unspecified atom stereocenters. The summed E-state index contributed by atoms with van der Waals surface area (Å²) in [4.78, 5) is 33.3. The number of imidazole rings is 1. The molecule has 2 fully saturated rings. The number of fused-ring (bicyclic) bond motifs is 3. The Labute approximate surface area is 221 Å². The summed E-state index contributed by atoms with van der Waals surface area (Å²) in [6, 6.07) is 18.6. The third kappa shape index (κ3) is 5.47. The van der Waals surface area contributed by atoms with Crippen LogP contribution in [0.2, 0.25) is 0 Å². The van der Waals surface area contributed by atoms with Gasteiger partial charge in [-0.15, -0.1) is 0 Å². The number of carbonyl (C=O) groups excluding carboxylic acids is 2. The fourth-order valence-corrected chi connectivity index (χ4v) is 6.25. The standard InChI is InChI=1S/C31H31FN4O2/c32-24-7-11-26(12-8-24)34-31(38)23-6-13-27-28(18-23)36-30(35-27)22-4-9-25(10-5-22)33-29(37)17-21-15-19-2-1-3-20(14-19)16-21/h4-13,18-21H,1-3,14-17H2,(H,33,37)(H,34,38)(H,35,36)/t19-,20+,21?. The van der Waals surface area contributed by atoms with Gasteiger partial charge in [0.15, 0.2) is 0 Å².